The highest BCUT2D eigenvalue weighted by molar-refractivity contribution is 7.99. The van der Waals surface area contributed by atoms with Crippen LogP contribution in [0.1, 0.15) is 32.6 Å². The van der Waals surface area contributed by atoms with E-state index in [2.05, 4.69) is 17.6 Å². The summed E-state index contributed by atoms with van der Waals surface area (Å²) in [6.45, 7) is 2.63. The molecule has 88 valence electrons. The van der Waals surface area contributed by atoms with Gasteiger partial charge in [-0.05, 0) is 32.1 Å². The first kappa shape index (κ1) is 12.8. The molecule has 0 radical (unpaired) electrons. The van der Waals surface area contributed by atoms with Gasteiger partial charge in [-0.1, -0.05) is 13.3 Å². The number of hydrogen-bond acceptors (Lipinski definition) is 3. The van der Waals surface area contributed by atoms with Crippen molar-refractivity contribution in [3.8, 4) is 0 Å². The van der Waals surface area contributed by atoms with E-state index in [-0.39, 0.29) is 5.91 Å². The molecule has 0 heterocycles. The van der Waals surface area contributed by atoms with Crippen molar-refractivity contribution >= 4 is 17.7 Å². The van der Waals surface area contributed by atoms with Gasteiger partial charge < -0.3 is 10.6 Å². The molecular formula is C11H22N2OS. The van der Waals surface area contributed by atoms with Crippen LogP contribution in [0.4, 0.5) is 0 Å². The summed E-state index contributed by atoms with van der Waals surface area (Å²) in [5.41, 5.74) is 0. The third-order valence-electron chi connectivity index (χ3n) is 2.73. The molecule has 2 atom stereocenters. The van der Waals surface area contributed by atoms with Crippen LogP contribution in [0.25, 0.3) is 0 Å². The number of amides is 1. The molecule has 1 aliphatic carbocycles. The smallest absolute Gasteiger partial charge is 0.234 e. The minimum atomic E-state index is 0.129. The van der Waals surface area contributed by atoms with E-state index in [0.717, 1.165) is 18.1 Å². The molecule has 2 N–H and O–H groups in total. The van der Waals surface area contributed by atoms with Crippen LogP contribution in [0.3, 0.4) is 0 Å². The Hall–Kier alpha value is -0.220. The summed E-state index contributed by atoms with van der Waals surface area (Å²) in [5.74, 6) is 1.31. The maximum Gasteiger partial charge on any atom is 0.234 e. The van der Waals surface area contributed by atoms with Gasteiger partial charge in [0.15, 0.2) is 0 Å². The molecule has 1 aliphatic rings. The lowest BCUT2D eigenvalue weighted by atomic mass is 9.95. The van der Waals surface area contributed by atoms with Gasteiger partial charge in [0, 0.05) is 11.3 Å². The van der Waals surface area contributed by atoms with Crippen LogP contribution >= 0.6 is 11.8 Å². The van der Waals surface area contributed by atoms with Crippen molar-refractivity contribution in [3.63, 3.8) is 0 Å². The third kappa shape index (κ3) is 4.89. The van der Waals surface area contributed by atoms with Gasteiger partial charge in [-0.2, -0.15) is 11.8 Å². The van der Waals surface area contributed by atoms with E-state index in [0.29, 0.717) is 12.6 Å². The summed E-state index contributed by atoms with van der Waals surface area (Å²) in [4.78, 5) is 11.4. The van der Waals surface area contributed by atoms with Crippen LogP contribution in [0, 0.1) is 0 Å². The van der Waals surface area contributed by atoms with E-state index >= 15 is 0 Å². The molecule has 1 fully saturated rings. The largest absolute Gasteiger partial charge is 0.352 e. The van der Waals surface area contributed by atoms with Crippen molar-refractivity contribution in [2.45, 2.75) is 43.9 Å². The molecule has 1 rings (SSSR count). The normalized spacial score (nSPS) is 26.3. The summed E-state index contributed by atoms with van der Waals surface area (Å²) in [5, 5.41) is 6.72. The molecule has 3 nitrogen and oxygen atoms in total. The molecule has 15 heavy (non-hydrogen) atoms. The minimum absolute atomic E-state index is 0.129. The fourth-order valence-corrected chi connectivity index (χ4v) is 3.28. The first-order valence-electron chi connectivity index (χ1n) is 5.81. The third-order valence-corrected chi connectivity index (χ3v) is 3.96. The van der Waals surface area contributed by atoms with Gasteiger partial charge in [0.1, 0.15) is 0 Å². The summed E-state index contributed by atoms with van der Waals surface area (Å²) in [6, 6.07) is 0.406. The summed E-state index contributed by atoms with van der Waals surface area (Å²) < 4.78 is 0. The molecular weight excluding hydrogens is 208 g/mol. The number of thioether (sulfide) groups is 1. The zero-order valence-electron chi connectivity index (χ0n) is 9.71. The summed E-state index contributed by atoms with van der Waals surface area (Å²) in [7, 11) is 1.80. The highest BCUT2D eigenvalue weighted by Crippen LogP contribution is 2.28. The molecule has 2 unspecified atom stereocenters. The average Bonchev–Trinajstić information content (AvgIpc) is 2.19. The molecule has 4 heteroatoms. The van der Waals surface area contributed by atoms with Crippen LogP contribution < -0.4 is 10.6 Å². The van der Waals surface area contributed by atoms with Gasteiger partial charge >= 0.3 is 0 Å². The molecule has 1 amide bonds. The molecule has 1 saturated carbocycles. The second-order valence-corrected chi connectivity index (χ2v) is 5.62. The van der Waals surface area contributed by atoms with Crippen molar-refractivity contribution in [2.75, 3.05) is 19.3 Å². The Morgan fingerprint density at radius 1 is 1.47 bits per heavy atom. The Balaban J connectivity index is 2.26. The maximum atomic E-state index is 11.4. The molecule has 0 aromatic carbocycles. The predicted molar refractivity (Wildman–Crippen MR) is 66.2 cm³/mol. The highest BCUT2D eigenvalue weighted by Gasteiger charge is 2.22. The Labute approximate surface area is 96.8 Å². The SMILES string of the molecule is CCSC1CCCC(NC(=O)CNC)C1. The van der Waals surface area contributed by atoms with Crippen molar-refractivity contribution in [2.24, 2.45) is 0 Å². The number of likely N-dealkylation sites (N-methyl/N-ethyl adjacent to an activating group) is 1. The highest BCUT2D eigenvalue weighted by atomic mass is 32.2. The fraction of sp³-hybridized carbons (Fsp3) is 0.909. The van der Waals surface area contributed by atoms with E-state index in [1.165, 1.54) is 18.6 Å². The van der Waals surface area contributed by atoms with Gasteiger partial charge in [-0.3, -0.25) is 4.79 Å². The molecule has 0 aromatic rings. The van der Waals surface area contributed by atoms with Crippen LogP contribution in [0.15, 0.2) is 0 Å². The first-order chi connectivity index (χ1) is 7.26. The lowest BCUT2D eigenvalue weighted by molar-refractivity contribution is -0.121. The second-order valence-electron chi connectivity index (χ2n) is 4.04. The predicted octanol–water partition coefficient (Wildman–Crippen LogP) is 1.39. The number of carbonyl (C=O) groups is 1. The molecule has 0 aromatic heterocycles. The topological polar surface area (TPSA) is 41.1 Å². The summed E-state index contributed by atoms with van der Waals surface area (Å²) >= 11 is 2.03. The van der Waals surface area contributed by atoms with Gasteiger partial charge in [0.2, 0.25) is 5.91 Å². The van der Waals surface area contributed by atoms with E-state index in [4.69, 9.17) is 0 Å². The fourth-order valence-electron chi connectivity index (χ4n) is 2.10. The van der Waals surface area contributed by atoms with Crippen molar-refractivity contribution < 1.29 is 4.79 Å². The lowest BCUT2D eigenvalue weighted by Crippen LogP contribution is -2.42. The van der Waals surface area contributed by atoms with Crippen molar-refractivity contribution in [3.05, 3.63) is 0 Å². The van der Waals surface area contributed by atoms with E-state index < -0.39 is 0 Å². The first-order valence-corrected chi connectivity index (χ1v) is 6.86. The Bertz CT molecular complexity index is 197. The minimum Gasteiger partial charge on any atom is -0.352 e. The van der Waals surface area contributed by atoms with E-state index in [1.807, 2.05) is 11.8 Å². The quantitative estimate of drug-likeness (QED) is 0.750. The van der Waals surface area contributed by atoms with Gasteiger partial charge in [0.05, 0.1) is 6.54 Å². The average molecular weight is 230 g/mol. The maximum absolute atomic E-state index is 11.4. The summed E-state index contributed by atoms with van der Waals surface area (Å²) in [6.07, 6.45) is 4.86. The van der Waals surface area contributed by atoms with Crippen LogP contribution in [-0.4, -0.2) is 36.5 Å². The van der Waals surface area contributed by atoms with Gasteiger partial charge in [-0.25, -0.2) is 0 Å². The zero-order chi connectivity index (χ0) is 11.1. The van der Waals surface area contributed by atoms with E-state index in [9.17, 15) is 4.79 Å². The molecule has 0 bridgehead atoms. The van der Waals surface area contributed by atoms with Crippen LogP contribution in [-0.2, 0) is 4.79 Å². The monoisotopic (exact) mass is 230 g/mol. The number of hydrogen-bond donors (Lipinski definition) is 2. The molecule has 0 spiro atoms. The van der Waals surface area contributed by atoms with Gasteiger partial charge in [0.25, 0.3) is 0 Å². The van der Waals surface area contributed by atoms with Crippen molar-refractivity contribution in [1.29, 1.82) is 0 Å². The zero-order valence-corrected chi connectivity index (χ0v) is 10.5. The number of nitrogens with one attached hydrogen (secondary N) is 2. The Morgan fingerprint density at radius 3 is 2.93 bits per heavy atom. The lowest BCUT2D eigenvalue weighted by Gasteiger charge is -2.29. The van der Waals surface area contributed by atoms with Gasteiger partial charge in [-0.15, -0.1) is 0 Å². The van der Waals surface area contributed by atoms with Crippen molar-refractivity contribution in [1.82, 2.24) is 10.6 Å². The van der Waals surface area contributed by atoms with Crippen LogP contribution in [0.2, 0.25) is 0 Å². The van der Waals surface area contributed by atoms with E-state index in [1.54, 1.807) is 7.05 Å². The second kappa shape index (κ2) is 7.12. The number of rotatable bonds is 5. The van der Waals surface area contributed by atoms with Crippen LogP contribution in [0.5, 0.6) is 0 Å². The Kier molecular flexibility index (Phi) is 6.10. The molecule has 0 aliphatic heterocycles. The molecule has 0 saturated heterocycles. The standard InChI is InChI=1S/C11H22N2OS/c1-3-15-10-6-4-5-9(7-10)13-11(14)8-12-2/h9-10,12H,3-8H2,1-2H3,(H,13,14). The Morgan fingerprint density at radius 2 is 2.27 bits per heavy atom. The number of carbonyl (C=O) groups excluding carboxylic acids is 1.